The van der Waals surface area contributed by atoms with E-state index in [4.69, 9.17) is 0 Å². The summed E-state index contributed by atoms with van der Waals surface area (Å²) in [5.74, 6) is 0.777. The molecule has 0 bridgehead atoms. The van der Waals surface area contributed by atoms with Crippen molar-refractivity contribution >= 4 is 16.7 Å². The highest BCUT2D eigenvalue weighted by Crippen LogP contribution is 2.22. The molecule has 1 aromatic carbocycles. The molecule has 2 aliphatic rings. The largest absolute Gasteiger partial charge is 0.390 e. The Morgan fingerprint density at radius 3 is 2.67 bits per heavy atom. The number of anilines is 1. The predicted octanol–water partition coefficient (Wildman–Crippen LogP) is 2.14. The maximum atomic E-state index is 13.4. The van der Waals surface area contributed by atoms with Gasteiger partial charge in [0.25, 0.3) is 0 Å². The number of nitrogens with zero attached hydrogens (tertiary/aromatic N) is 5. The van der Waals surface area contributed by atoms with Crippen LogP contribution in [0.1, 0.15) is 5.69 Å². The molecule has 0 saturated carbocycles. The van der Waals surface area contributed by atoms with Crippen LogP contribution in [0.5, 0.6) is 0 Å². The van der Waals surface area contributed by atoms with Crippen LogP contribution in [0, 0.1) is 5.82 Å². The van der Waals surface area contributed by atoms with Crippen LogP contribution >= 0.6 is 0 Å². The molecule has 0 radical (unpaired) electrons. The third kappa shape index (κ3) is 4.01. The van der Waals surface area contributed by atoms with Gasteiger partial charge in [-0.2, -0.15) is 0 Å². The highest BCUT2D eigenvalue weighted by molar-refractivity contribution is 5.78. The SMILES string of the molecule is O[C@H]1CN(Cc2ccc3cc(F)ccc3n2)C[C@@H]1N1CCN(c2ccccn2)CC1. The first-order valence-corrected chi connectivity index (χ1v) is 10.5. The van der Waals surface area contributed by atoms with Crippen LogP contribution in [-0.4, -0.2) is 76.3 Å². The summed E-state index contributed by atoms with van der Waals surface area (Å²) in [6.07, 6.45) is 1.47. The van der Waals surface area contributed by atoms with Gasteiger partial charge in [-0.15, -0.1) is 0 Å². The lowest BCUT2D eigenvalue weighted by molar-refractivity contribution is 0.0790. The van der Waals surface area contributed by atoms with Crippen molar-refractivity contribution in [3.05, 3.63) is 66.2 Å². The number of rotatable bonds is 4. The Hall–Kier alpha value is -2.61. The van der Waals surface area contributed by atoms with Gasteiger partial charge in [-0.05, 0) is 36.4 Å². The summed E-state index contributed by atoms with van der Waals surface area (Å²) in [5.41, 5.74) is 1.75. The molecule has 0 amide bonds. The van der Waals surface area contributed by atoms with Crippen molar-refractivity contribution in [1.29, 1.82) is 0 Å². The number of hydrogen-bond acceptors (Lipinski definition) is 6. The van der Waals surface area contributed by atoms with Crippen LogP contribution in [-0.2, 0) is 6.54 Å². The van der Waals surface area contributed by atoms with Crippen LogP contribution in [0.25, 0.3) is 10.9 Å². The molecule has 3 aromatic rings. The molecular formula is C23H26FN5O. The second kappa shape index (κ2) is 8.26. The first-order valence-electron chi connectivity index (χ1n) is 10.5. The Morgan fingerprint density at radius 1 is 1.00 bits per heavy atom. The first-order chi connectivity index (χ1) is 14.7. The third-order valence-corrected chi connectivity index (χ3v) is 6.19. The standard InChI is InChI=1S/C23H26FN5O/c24-18-5-7-20-17(13-18)4-6-19(26-20)14-27-15-21(22(30)16-27)28-9-11-29(12-10-28)23-3-1-2-8-25-23/h1-8,13,21-22,30H,9-12,14-16H2/t21-,22-/m0/s1. The number of aliphatic hydroxyl groups is 1. The topological polar surface area (TPSA) is 55.7 Å². The molecule has 30 heavy (non-hydrogen) atoms. The molecule has 156 valence electrons. The molecule has 7 heteroatoms. The second-order valence-electron chi connectivity index (χ2n) is 8.18. The molecular weight excluding hydrogens is 381 g/mol. The van der Waals surface area contributed by atoms with Gasteiger partial charge >= 0.3 is 0 Å². The summed E-state index contributed by atoms with van der Waals surface area (Å²) in [5, 5.41) is 11.5. The number of halogens is 1. The smallest absolute Gasteiger partial charge is 0.128 e. The fraction of sp³-hybridized carbons (Fsp3) is 0.391. The zero-order valence-electron chi connectivity index (χ0n) is 16.9. The summed E-state index contributed by atoms with van der Waals surface area (Å²) in [4.78, 5) is 16.1. The van der Waals surface area contributed by atoms with Crippen LogP contribution in [0.4, 0.5) is 10.2 Å². The number of β-amino-alcohol motifs (C(OH)–C–C–N with tert-alkyl or cyclic N) is 1. The molecule has 6 nitrogen and oxygen atoms in total. The van der Waals surface area contributed by atoms with E-state index in [0.29, 0.717) is 13.1 Å². The van der Waals surface area contributed by atoms with Crippen molar-refractivity contribution in [2.24, 2.45) is 0 Å². The van der Waals surface area contributed by atoms with E-state index in [-0.39, 0.29) is 18.0 Å². The van der Waals surface area contributed by atoms with Crippen LogP contribution in [0.2, 0.25) is 0 Å². The molecule has 0 unspecified atom stereocenters. The summed E-state index contributed by atoms with van der Waals surface area (Å²) in [6.45, 7) is 5.85. The minimum atomic E-state index is -0.360. The fourth-order valence-corrected chi connectivity index (χ4v) is 4.61. The molecule has 2 aliphatic heterocycles. The van der Waals surface area contributed by atoms with Crippen LogP contribution < -0.4 is 4.90 Å². The minimum Gasteiger partial charge on any atom is -0.390 e. The van der Waals surface area contributed by atoms with Crippen LogP contribution in [0.15, 0.2) is 54.7 Å². The number of likely N-dealkylation sites (tertiary alicyclic amines) is 1. The number of fused-ring (bicyclic) bond motifs is 1. The van der Waals surface area contributed by atoms with E-state index in [1.54, 1.807) is 6.07 Å². The first kappa shape index (κ1) is 19.4. The highest BCUT2D eigenvalue weighted by atomic mass is 19.1. The van der Waals surface area contributed by atoms with Gasteiger partial charge in [-0.3, -0.25) is 14.8 Å². The van der Waals surface area contributed by atoms with E-state index in [9.17, 15) is 9.50 Å². The predicted molar refractivity (Wildman–Crippen MR) is 115 cm³/mol. The highest BCUT2D eigenvalue weighted by Gasteiger charge is 2.36. The average molecular weight is 407 g/mol. The Balaban J connectivity index is 1.20. The summed E-state index contributed by atoms with van der Waals surface area (Å²) < 4.78 is 13.4. The number of benzene rings is 1. The number of aliphatic hydroxyl groups excluding tert-OH is 1. The molecule has 0 aliphatic carbocycles. The number of hydrogen-bond donors (Lipinski definition) is 1. The van der Waals surface area contributed by atoms with E-state index < -0.39 is 0 Å². The monoisotopic (exact) mass is 407 g/mol. The van der Waals surface area contributed by atoms with Crippen molar-refractivity contribution in [3.63, 3.8) is 0 Å². The number of piperazine rings is 1. The lowest BCUT2D eigenvalue weighted by Crippen LogP contribution is -2.53. The van der Waals surface area contributed by atoms with Gasteiger partial charge in [-0.25, -0.2) is 9.37 Å². The van der Waals surface area contributed by atoms with Gasteiger partial charge in [0, 0.05) is 63.4 Å². The van der Waals surface area contributed by atoms with Gasteiger partial charge in [0.15, 0.2) is 0 Å². The van der Waals surface area contributed by atoms with E-state index in [1.807, 2.05) is 36.5 Å². The van der Waals surface area contributed by atoms with E-state index in [0.717, 1.165) is 55.1 Å². The maximum Gasteiger partial charge on any atom is 0.128 e. The molecule has 1 N–H and O–H groups in total. The zero-order valence-corrected chi connectivity index (χ0v) is 16.9. The molecule has 2 aromatic heterocycles. The van der Waals surface area contributed by atoms with Crippen molar-refractivity contribution < 1.29 is 9.50 Å². The molecule has 2 atom stereocenters. The van der Waals surface area contributed by atoms with E-state index in [2.05, 4.69) is 24.7 Å². The molecule has 4 heterocycles. The lowest BCUT2D eigenvalue weighted by Gasteiger charge is -2.39. The van der Waals surface area contributed by atoms with Gasteiger partial charge in [-0.1, -0.05) is 12.1 Å². The lowest BCUT2D eigenvalue weighted by atomic mass is 10.1. The van der Waals surface area contributed by atoms with Crippen molar-refractivity contribution in [2.45, 2.75) is 18.7 Å². The minimum absolute atomic E-state index is 0.144. The third-order valence-electron chi connectivity index (χ3n) is 6.19. The average Bonchev–Trinajstić information content (AvgIpc) is 3.14. The van der Waals surface area contributed by atoms with E-state index in [1.165, 1.54) is 12.1 Å². The summed E-state index contributed by atoms with van der Waals surface area (Å²) in [6, 6.07) is 14.7. The van der Waals surface area contributed by atoms with Crippen molar-refractivity contribution in [1.82, 2.24) is 19.8 Å². The zero-order chi connectivity index (χ0) is 20.5. The Morgan fingerprint density at radius 2 is 1.87 bits per heavy atom. The fourth-order valence-electron chi connectivity index (χ4n) is 4.61. The molecule has 2 saturated heterocycles. The second-order valence-corrected chi connectivity index (χ2v) is 8.18. The molecule has 5 rings (SSSR count). The van der Waals surface area contributed by atoms with E-state index >= 15 is 0 Å². The Bertz CT molecular complexity index is 1010. The van der Waals surface area contributed by atoms with Gasteiger partial charge in [0.1, 0.15) is 11.6 Å². The molecule has 0 spiro atoms. The van der Waals surface area contributed by atoms with Gasteiger partial charge in [0.2, 0.25) is 0 Å². The number of pyridine rings is 2. The maximum absolute atomic E-state index is 13.4. The summed E-state index contributed by atoms with van der Waals surface area (Å²) in [7, 11) is 0. The van der Waals surface area contributed by atoms with Gasteiger partial charge in [0.05, 0.1) is 17.3 Å². The number of aromatic nitrogens is 2. The summed E-state index contributed by atoms with van der Waals surface area (Å²) >= 11 is 0. The molecule has 2 fully saturated rings. The normalized spacial score (nSPS) is 23.3. The van der Waals surface area contributed by atoms with Crippen molar-refractivity contribution in [2.75, 3.05) is 44.2 Å². The van der Waals surface area contributed by atoms with Gasteiger partial charge < -0.3 is 10.0 Å². The van der Waals surface area contributed by atoms with Crippen LogP contribution in [0.3, 0.4) is 0 Å². The van der Waals surface area contributed by atoms with Crippen molar-refractivity contribution in [3.8, 4) is 0 Å². The quantitative estimate of drug-likeness (QED) is 0.715. The Labute approximate surface area is 175 Å². The Kier molecular flexibility index (Phi) is 5.33.